The van der Waals surface area contributed by atoms with E-state index >= 15 is 0 Å². The average molecular weight is 292 g/mol. The van der Waals surface area contributed by atoms with Crippen molar-refractivity contribution >= 4 is 22.7 Å². The van der Waals surface area contributed by atoms with Gasteiger partial charge in [-0.25, -0.2) is 4.98 Å². The number of hydrogen-bond acceptors (Lipinski definition) is 4. The fourth-order valence-electron chi connectivity index (χ4n) is 2.97. The zero-order chi connectivity index (χ0) is 13.5. The molecule has 4 heteroatoms. The molecular weight excluding hydrogens is 272 g/mol. The molecule has 2 unspecified atom stereocenters. The zero-order valence-corrected chi connectivity index (χ0v) is 13.1. The molecule has 0 amide bonds. The van der Waals surface area contributed by atoms with Crippen LogP contribution in [-0.2, 0) is 5.54 Å². The van der Waals surface area contributed by atoms with Gasteiger partial charge in [-0.15, -0.1) is 22.7 Å². The normalized spacial score (nSPS) is 27.6. The fourth-order valence-corrected chi connectivity index (χ4v) is 4.85. The van der Waals surface area contributed by atoms with Crippen molar-refractivity contribution in [2.75, 3.05) is 0 Å². The summed E-state index contributed by atoms with van der Waals surface area (Å²) in [5, 5.41) is 3.29. The van der Waals surface area contributed by atoms with Crippen molar-refractivity contribution in [1.82, 2.24) is 4.98 Å². The summed E-state index contributed by atoms with van der Waals surface area (Å²) in [6, 6.07) is 4.31. The van der Waals surface area contributed by atoms with E-state index < -0.39 is 0 Å². The molecule has 2 aromatic rings. The lowest BCUT2D eigenvalue weighted by atomic mass is 9.77. The minimum Gasteiger partial charge on any atom is -0.319 e. The van der Waals surface area contributed by atoms with Gasteiger partial charge in [0.2, 0.25) is 0 Å². The molecule has 0 saturated heterocycles. The van der Waals surface area contributed by atoms with E-state index in [0.717, 1.165) is 29.5 Å². The summed E-state index contributed by atoms with van der Waals surface area (Å²) in [7, 11) is 0. The molecule has 0 bridgehead atoms. The number of nitrogens with zero attached hydrogens (tertiary/aromatic N) is 1. The van der Waals surface area contributed by atoms with Crippen molar-refractivity contribution in [2.24, 2.45) is 11.7 Å². The highest BCUT2D eigenvalue weighted by atomic mass is 32.1. The highest BCUT2D eigenvalue weighted by Crippen LogP contribution is 2.40. The molecule has 0 radical (unpaired) electrons. The number of aryl methyl sites for hydroxylation is 1. The predicted molar refractivity (Wildman–Crippen MR) is 83.7 cm³/mol. The Morgan fingerprint density at radius 3 is 2.95 bits per heavy atom. The molecular formula is C15H20N2S2. The van der Waals surface area contributed by atoms with Crippen LogP contribution < -0.4 is 5.73 Å². The van der Waals surface area contributed by atoms with Crippen LogP contribution in [0.5, 0.6) is 0 Å². The van der Waals surface area contributed by atoms with Gasteiger partial charge in [-0.3, -0.25) is 0 Å². The number of thiazole rings is 1. The Bertz CT molecular complexity index is 572. The minimum absolute atomic E-state index is 0.188. The van der Waals surface area contributed by atoms with Gasteiger partial charge in [-0.1, -0.05) is 19.8 Å². The molecule has 0 aromatic carbocycles. The van der Waals surface area contributed by atoms with Crippen LogP contribution in [0, 0.1) is 12.8 Å². The lowest BCUT2D eigenvalue weighted by Crippen LogP contribution is -2.40. The Kier molecular flexibility index (Phi) is 3.50. The van der Waals surface area contributed by atoms with Crippen LogP contribution in [0.1, 0.15) is 42.5 Å². The largest absolute Gasteiger partial charge is 0.319 e. The van der Waals surface area contributed by atoms with Crippen LogP contribution in [0.3, 0.4) is 0 Å². The van der Waals surface area contributed by atoms with E-state index in [-0.39, 0.29) is 5.54 Å². The third kappa shape index (κ3) is 2.62. The van der Waals surface area contributed by atoms with Crippen molar-refractivity contribution in [2.45, 2.75) is 45.1 Å². The van der Waals surface area contributed by atoms with E-state index in [1.54, 1.807) is 22.7 Å². The lowest BCUT2D eigenvalue weighted by Gasteiger charge is -2.35. The predicted octanol–water partition coefficient (Wildman–Crippen LogP) is 4.54. The first-order valence-corrected chi connectivity index (χ1v) is 8.58. The molecule has 1 fully saturated rings. The highest BCUT2D eigenvalue weighted by molar-refractivity contribution is 7.16. The minimum atomic E-state index is -0.188. The average Bonchev–Trinajstić information content (AvgIpc) is 2.96. The molecule has 2 aromatic heterocycles. The zero-order valence-electron chi connectivity index (χ0n) is 11.5. The summed E-state index contributed by atoms with van der Waals surface area (Å²) >= 11 is 3.54. The van der Waals surface area contributed by atoms with Gasteiger partial charge in [-0.05, 0) is 37.8 Å². The van der Waals surface area contributed by atoms with Crippen molar-refractivity contribution in [1.29, 1.82) is 0 Å². The fraction of sp³-hybridized carbons (Fsp3) is 0.533. The van der Waals surface area contributed by atoms with Crippen molar-refractivity contribution < 1.29 is 0 Å². The molecule has 2 atom stereocenters. The van der Waals surface area contributed by atoms with Gasteiger partial charge in [0, 0.05) is 10.3 Å². The van der Waals surface area contributed by atoms with Gasteiger partial charge in [-0.2, -0.15) is 0 Å². The Morgan fingerprint density at radius 2 is 2.26 bits per heavy atom. The Balaban J connectivity index is 1.88. The maximum absolute atomic E-state index is 6.62. The molecule has 2 N–H and O–H groups in total. The third-order valence-corrected chi connectivity index (χ3v) is 6.04. The van der Waals surface area contributed by atoms with Crippen LogP contribution in [0.2, 0.25) is 0 Å². The summed E-state index contributed by atoms with van der Waals surface area (Å²) in [5.74, 6) is 0.718. The number of hydrogen-bond donors (Lipinski definition) is 1. The smallest absolute Gasteiger partial charge is 0.113 e. The summed E-state index contributed by atoms with van der Waals surface area (Å²) in [5.41, 5.74) is 7.53. The topological polar surface area (TPSA) is 38.9 Å². The molecule has 1 aliphatic rings. The van der Waals surface area contributed by atoms with Crippen LogP contribution >= 0.6 is 22.7 Å². The Hall–Kier alpha value is -0.710. The lowest BCUT2D eigenvalue weighted by molar-refractivity contribution is 0.238. The molecule has 1 saturated carbocycles. The first-order valence-electron chi connectivity index (χ1n) is 6.88. The molecule has 0 aliphatic heterocycles. The van der Waals surface area contributed by atoms with E-state index in [1.165, 1.54) is 22.6 Å². The van der Waals surface area contributed by atoms with Crippen molar-refractivity contribution in [3.63, 3.8) is 0 Å². The van der Waals surface area contributed by atoms with Crippen molar-refractivity contribution in [3.8, 4) is 10.6 Å². The van der Waals surface area contributed by atoms with E-state index in [2.05, 4.69) is 31.4 Å². The molecule has 2 heterocycles. The van der Waals surface area contributed by atoms with Gasteiger partial charge < -0.3 is 5.73 Å². The van der Waals surface area contributed by atoms with Gasteiger partial charge in [0.25, 0.3) is 0 Å². The maximum Gasteiger partial charge on any atom is 0.113 e. The second-order valence-electron chi connectivity index (χ2n) is 5.81. The molecule has 1 aliphatic carbocycles. The van der Waals surface area contributed by atoms with Crippen LogP contribution in [0.15, 0.2) is 17.5 Å². The standard InChI is InChI=1S/C15H20N2S2/c1-10-4-3-7-15(16,8-10)14-17-12(9-18-14)13-6-5-11(2)19-13/h5-6,9-10H,3-4,7-8,16H2,1-2H3. The van der Waals surface area contributed by atoms with E-state index in [4.69, 9.17) is 10.7 Å². The summed E-state index contributed by atoms with van der Waals surface area (Å²) in [4.78, 5) is 7.42. The van der Waals surface area contributed by atoms with Gasteiger partial charge in [0.15, 0.2) is 0 Å². The van der Waals surface area contributed by atoms with Crippen molar-refractivity contribution in [3.05, 3.63) is 27.4 Å². The quantitative estimate of drug-likeness (QED) is 0.882. The SMILES string of the molecule is Cc1ccc(-c2csc(C3(N)CCCC(C)C3)n2)s1. The molecule has 3 rings (SSSR count). The number of thiophene rings is 1. The first-order chi connectivity index (χ1) is 9.07. The van der Waals surface area contributed by atoms with E-state index in [1.807, 2.05) is 0 Å². The maximum atomic E-state index is 6.62. The van der Waals surface area contributed by atoms with Gasteiger partial charge in [0.1, 0.15) is 5.01 Å². The molecule has 19 heavy (non-hydrogen) atoms. The number of aromatic nitrogens is 1. The van der Waals surface area contributed by atoms with Crippen LogP contribution in [0.4, 0.5) is 0 Å². The van der Waals surface area contributed by atoms with Crippen LogP contribution in [-0.4, -0.2) is 4.98 Å². The van der Waals surface area contributed by atoms with E-state index in [9.17, 15) is 0 Å². The molecule has 0 spiro atoms. The number of nitrogens with two attached hydrogens (primary N) is 1. The molecule has 2 nitrogen and oxygen atoms in total. The Labute approximate surface area is 122 Å². The van der Waals surface area contributed by atoms with E-state index in [0.29, 0.717) is 0 Å². The summed E-state index contributed by atoms with van der Waals surface area (Å²) in [6.45, 7) is 4.44. The summed E-state index contributed by atoms with van der Waals surface area (Å²) < 4.78 is 0. The van der Waals surface area contributed by atoms with Gasteiger partial charge in [0.05, 0.1) is 16.1 Å². The van der Waals surface area contributed by atoms with Crippen LogP contribution in [0.25, 0.3) is 10.6 Å². The highest BCUT2D eigenvalue weighted by Gasteiger charge is 2.35. The van der Waals surface area contributed by atoms with Gasteiger partial charge >= 0.3 is 0 Å². The second kappa shape index (κ2) is 5.00. The summed E-state index contributed by atoms with van der Waals surface area (Å²) in [6.07, 6.45) is 4.68. The Morgan fingerprint density at radius 1 is 1.42 bits per heavy atom. The molecule has 102 valence electrons. The first kappa shape index (κ1) is 13.3. The monoisotopic (exact) mass is 292 g/mol. The number of rotatable bonds is 2. The third-order valence-electron chi connectivity index (χ3n) is 3.96. The second-order valence-corrected chi connectivity index (χ2v) is 7.95.